The number of halogens is 2. The fourth-order valence-electron chi connectivity index (χ4n) is 7.89. The normalized spacial score (nSPS) is 11.5. The molecule has 2 aromatic heterocycles. The van der Waals surface area contributed by atoms with Crippen molar-refractivity contribution in [3.63, 3.8) is 0 Å². The molecule has 0 atom stereocenters. The van der Waals surface area contributed by atoms with Gasteiger partial charge in [0.2, 0.25) is 0 Å². The van der Waals surface area contributed by atoms with E-state index in [1.54, 1.807) is 24.7 Å². The van der Waals surface area contributed by atoms with E-state index >= 15 is 0 Å². The van der Waals surface area contributed by atoms with Gasteiger partial charge in [0, 0.05) is 53.2 Å². The Morgan fingerprint density at radius 1 is 0.545 bits per heavy atom. The van der Waals surface area contributed by atoms with E-state index in [0.717, 1.165) is 119 Å². The van der Waals surface area contributed by atoms with Crippen LogP contribution in [-0.4, -0.2) is 39.4 Å². The van der Waals surface area contributed by atoms with Crippen molar-refractivity contribution in [3.8, 4) is 22.6 Å². The molecular weight excluding hydrogens is 854 g/mol. The Bertz CT molecular complexity index is 2210. The van der Waals surface area contributed by atoms with Gasteiger partial charge in [-0.15, -0.1) is 9.05 Å². The van der Waals surface area contributed by atoms with Crippen LogP contribution in [-0.2, 0) is 52.4 Å². The fourth-order valence-corrected chi connectivity index (χ4v) is 8.52. The van der Waals surface area contributed by atoms with E-state index in [1.165, 1.54) is 0 Å². The smallest absolute Gasteiger partial charge is 0.464 e. The molecule has 0 amide bonds. The highest BCUT2D eigenvalue weighted by atomic mass is 31.1. The quantitative estimate of drug-likeness (QED) is 0.0259. The lowest BCUT2D eigenvalue weighted by atomic mass is 9.99. The summed E-state index contributed by atoms with van der Waals surface area (Å²) >= 11 is 0. The van der Waals surface area contributed by atoms with E-state index in [9.17, 15) is 13.3 Å². The third kappa shape index (κ3) is 16.6. The first kappa shape index (κ1) is 50.3. The molecule has 352 valence electrons. The number of hydrogen-bond donors (Lipinski definition) is 4. The molecule has 66 heavy (non-hydrogen) atoms. The molecule has 12 heteroatoms. The second-order valence-electron chi connectivity index (χ2n) is 17.8. The van der Waals surface area contributed by atoms with Gasteiger partial charge in [0.25, 0.3) is 0 Å². The fraction of sp³-hybridized carbons (Fsp3) is 0.407. The van der Waals surface area contributed by atoms with E-state index in [-0.39, 0.29) is 11.6 Å². The molecule has 6 rings (SSSR count). The summed E-state index contributed by atoms with van der Waals surface area (Å²) in [5, 5.41) is 14.0. The van der Waals surface area contributed by atoms with Gasteiger partial charge in [-0.05, 0) is 170 Å². The first-order valence-electron chi connectivity index (χ1n) is 23.6. The van der Waals surface area contributed by atoms with Crippen LogP contribution >= 0.6 is 8.25 Å². The summed E-state index contributed by atoms with van der Waals surface area (Å²) in [7, 11) is -2.19. The van der Waals surface area contributed by atoms with Crippen molar-refractivity contribution in [1.82, 2.24) is 10.6 Å². The van der Waals surface area contributed by atoms with Crippen LogP contribution < -0.4 is 21.3 Å². The zero-order valence-corrected chi connectivity index (χ0v) is 40.0. The van der Waals surface area contributed by atoms with Gasteiger partial charge in [0.05, 0.1) is 12.5 Å². The molecule has 0 aliphatic carbocycles. The highest BCUT2D eigenvalue weighted by Crippen LogP contribution is 2.32. The van der Waals surface area contributed by atoms with Gasteiger partial charge >= 0.3 is 8.25 Å². The number of aryl methyl sites for hydroxylation is 2. The van der Waals surface area contributed by atoms with Gasteiger partial charge in [0.1, 0.15) is 36.4 Å². The van der Waals surface area contributed by atoms with E-state index in [0.29, 0.717) is 64.1 Å². The maximum atomic E-state index is 14.6. The lowest BCUT2D eigenvalue weighted by Crippen LogP contribution is -2.16. The number of nitrogens with one attached hydrogen (secondary N) is 4. The van der Waals surface area contributed by atoms with Crippen LogP contribution in [0.3, 0.4) is 0 Å². The third-order valence-electron chi connectivity index (χ3n) is 11.2. The van der Waals surface area contributed by atoms with Crippen molar-refractivity contribution in [1.29, 1.82) is 0 Å². The molecule has 4 aromatic carbocycles. The largest absolute Gasteiger partial charge is 0.697 e. The van der Waals surface area contributed by atoms with Gasteiger partial charge < -0.3 is 30.1 Å². The molecule has 0 bridgehead atoms. The number of rotatable bonds is 30. The molecule has 9 nitrogen and oxygen atoms in total. The predicted molar refractivity (Wildman–Crippen MR) is 264 cm³/mol. The van der Waals surface area contributed by atoms with Crippen LogP contribution in [0, 0.1) is 23.5 Å². The van der Waals surface area contributed by atoms with Crippen LogP contribution in [0.4, 0.5) is 20.2 Å². The molecule has 0 spiro atoms. The van der Waals surface area contributed by atoms with Crippen LogP contribution in [0.1, 0.15) is 86.8 Å². The SMILES string of the molecule is CC(C)Cc1ccc(CCCNc2ccc(CNCCCO[P+](=O)OCCCNCc3ccc(NCCCc4ccc(CC(C)C)c(F)c4)c(-c4ccco4)c3)cc2-c2ccco2)cc1F. The first-order valence-corrected chi connectivity index (χ1v) is 24.7. The number of anilines is 2. The zero-order valence-electron chi connectivity index (χ0n) is 39.1. The average Bonchev–Trinajstić information content (AvgIpc) is 4.05. The zero-order chi connectivity index (χ0) is 46.5. The topological polar surface area (TPSA) is 110 Å². The Morgan fingerprint density at radius 3 is 1.38 bits per heavy atom. The molecule has 0 aliphatic heterocycles. The minimum Gasteiger partial charge on any atom is -0.464 e. The number of hydrogen-bond acceptors (Lipinski definition) is 9. The Kier molecular flexibility index (Phi) is 20.4. The van der Waals surface area contributed by atoms with E-state index in [2.05, 4.69) is 85.4 Å². The summed E-state index contributed by atoms with van der Waals surface area (Å²) in [6.45, 7) is 13.3. The minimum absolute atomic E-state index is 0.111. The summed E-state index contributed by atoms with van der Waals surface area (Å²) in [5.41, 5.74) is 9.76. The Hall–Kier alpha value is -5.16. The number of benzene rings is 4. The predicted octanol–water partition coefficient (Wildman–Crippen LogP) is 13.3. The molecule has 6 aromatic rings. The minimum atomic E-state index is -2.19. The van der Waals surface area contributed by atoms with E-state index < -0.39 is 8.25 Å². The van der Waals surface area contributed by atoms with Crippen molar-refractivity contribution in [3.05, 3.63) is 155 Å². The Morgan fingerprint density at radius 2 is 0.985 bits per heavy atom. The second-order valence-corrected chi connectivity index (χ2v) is 18.7. The molecule has 0 fully saturated rings. The lowest BCUT2D eigenvalue weighted by Gasteiger charge is -2.14. The van der Waals surface area contributed by atoms with Gasteiger partial charge in [-0.1, -0.05) is 64.1 Å². The monoisotopic (exact) mass is 921 g/mol. The van der Waals surface area contributed by atoms with Gasteiger partial charge in [0.15, 0.2) is 0 Å². The van der Waals surface area contributed by atoms with E-state index in [1.807, 2.05) is 48.5 Å². The van der Waals surface area contributed by atoms with Crippen molar-refractivity contribution >= 4 is 19.6 Å². The molecule has 2 heterocycles. The van der Waals surface area contributed by atoms with Gasteiger partial charge in [-0.25, -0.2) is 8.78 Å². The maximum Gasteiger partial charge on any atom is 0.697 e. The summed E-state index contributed by atoms with van der Waals surface area (Å²) in [6, 6.07) is 31.6. The standard InChI is InChI=1S/C54H68F2N4O5P/c1-39(2)31-45-19-15-41(35-49(45)55)11-5-25-59-51-21-17-43(33-47(51)53-13-7-27-62-53)37-57-23-9-29-64-66(61)65-30-10-24-58-38-44-18-22-52(48(34-44)54-14-8-28-63-54)60-26-6-12-42-16-20-46(32-40(3)4)50(56)36-42/h7-8,13-22,27-28,33-36,39-40,57-60H,5-6,9-12,23-26,29-32,37-38H2,1-4H3/q+1. The number of furan rings is 2. The van der Waals surface area contributed by atoms with Gasteiger partial charge in [-0.3, -0.25) is 0 Å². The van der Waals surface area contributed by atoms with Crippen molar-refractivity contribution < 1.29 is 31.2 Å². The molecule has 4 N–H and O–H groups in total. The van der Waals surface area contributed by atoms with Crippen LogP contribution in [0.25, 0.3) is 22.6 Å². The summed E-state index contributed by atoms with van der Waals surface area (Å²) in [6.07, 6.45) is 9.54. The van der Waals surface area contributed by atoms with Crippen molar-refractivity contribution in [2.24, 2.45) is 11.8 Å². The highest BCUT2D eigenvalue weighted by molar-refractivity contribution is 7.33. The Labute approximate surface area is 391 Å². The Balaban J connectivity index is 0.831. The van der Waals surface area contributed by atoms with Crippen LogP contribution in [0.2, 0.25) is 0 Å². The average molecular weight is 922 g/mol. The molecule has 0 saturated carbocycles. The lowest BCUT2D eigenvalue weighted by molar-refractivity contribution is 0.220. The summed E-state index contributed by atoms with van der Waals surface area (Å²) in [4.78, 5) is 0. The molecular formula is C54H68F2N4O5P+. The first-order chi connectivity index (χ1) is 32.1. The van der Waals surface area contributed by atoms with Crippen LogP contribution in [0.5, 0.6) is 0 Å². The van der Waals surface area contributed by atoms with Gasteiger partial charge in [-0.2, -0.15) is 0 Å². The van der Waals surface area contributed by atoms with E-state index in [4.69, 9.17) is 17.9 Å². The summed E-state index contributed by atoms with van der Waals surface area (Å²) in [5.74, 6) is 2.20. The van der Waals surface area contributed by atoms with Crippen molar-refractivity contribution in [2.75, 3.05) is 50.0 Å². The molecule has 0 aliphatic rings. The molecule has 0 unspecified atom stereocenters. The highest BCUT2D eigenvalue weighted by Gasteiger charge is 2.19. The molecule has 0 saturated heterocycles. The summed E-state index contributed by atoms with van der Waals surface area (Å²) < 4.78 is 63.9. The maximum absolute atomic E-state index is 14.6. The van der Waals surface area contributed by atoms with Crippen molar-refractivity contribution in [2.45, 2.75) is 92.2 Å². The second kappa shape index (κ2) is 26.9. The molecule has 0 radical (unpaired) electrons. The third-order valence-corrected chi connectivity index (χ3v) is 12.0. The van der Waals surface area contributed by atoms with Crippen LogP contribution in [0.15, 0.2) is 118 Å².